The van der Waals surface area contributed by atoms with E-state index in [2.05, 4.69) is 20.4 Å². The number of carbonyl (C=O) groups excluding carboxylic acids is 3. The molecule has 2 aromatic heterocycles. The number of hydrogen-bond donors (Lipinski definition) is 2. The van der Waals surface area contributed by atoms with Crippen LogP contribution in [0.1, 0.15) is 60.4 Å². The molecule has 11 nitrogen and oxygen atoms in total. The summed E-state index contributed by atoms with van der Waals surface area (Å²) < 4.78 is 4.83. The van der Waals surface area contributed by atoms with Gasteiger partial charge in [0.1, 0.15) is 11.6 Å². The minimum atomic E-state index is -1.19. The molecular formula is C28H30N6O5. The largest absolute Gasteiger partial charge is 0.383 e. The Labute approximate surface area is 225 Å². The van der Waals surface area contributed by atoms with Crippen LogP contribution in [0.15, 0.2) is 47.3 Å². The molecule has 0 radical (unpaired) electrons. The van der Waals surface area contributed by atoms with Gasteiger partial charge in [-0.05, 0) is 30.5 Å². The number of nitrogens with zero attached hydrogens (tertiary/aromatic N) is 5. The number of fused-ring (bicyclic) bond motifs is 1. The quantitative estimate of drug-likeness (QED) is 0.474. The number of hydrogen-bond acceptors (Lipinski definition) is 9. The summed E-state index contributed by atoms with van der Waals surface area (Å²) in [4.78, 5) is 49.6. The maximum absolute atomic E-state index is 13.1. The summed E-state index contributed by atoms with van der Waals surface area (Å²) in [5, 5.41) is 18.2. The first kappa shape index (κ1) is 25.3. The van der Waals surface area contributed by atoms with Crippen molar-refractivity contribution in [2.24, 2.45) is 5.41 Å². The predicted molar refractivity (Wildman–Crippen MR) is 138 cm³/mol. The van der Waals surface area contributed by atoms with Gasteiger partial charge in [0.25, 0.3) is 5.91 Å². The molecule has 3 aromatic rings. The minimum absolute atomic E-state index is 0.177. The topological polar surface area (TPSA) is 142 Å². The highest BCUT2D eigenvalue weighted by Crippen LogP contribution is 2.46. The molecule has 0 bridgehead atoms. The number of pyridine rings is 1. The number of aromatic nitrogens is 3. The number of piperidine rings is 2. The summed E-state index contributed by atoms with van der Waals surface area (Å²) >= 11 is 0. The molecule has 5 heterocycles. The van der Waals surface area contributed by atoms with Gasteiger partial charge in [-0.2, -0.15) is 4.98 Å². The van der Waals surface area contributed by atoms with Crippen LogP contribution in [0.2, 0.25) is 0 Å². The zero-order valence-corrected chi connectivity index (χ0v) is 21.9. The summed E-state index contributed by atoms with van der Waals surface area (Å²) in [6.07, 6.45) is 2.28. The van der Waals surface area contributed by atoms with E-state index < -0.39 is 23.0 Å². The Morgan fingerprint density at radius 2 is 1.92 bits per heavy atom. The van der Waals surface area contributed by atoms with Crippen molar-refractivity contribution in [2.75, 3.05) is 13.1 Å². The van der Waals surface area contributed by atoms with Crippen molar-refractivity contribution in [2.45, 2.75) is 57.8 Å². The van der Waals surface area contributed by atoms with E-state index in [1.54, 1.807) is 12.1 Å². The average Bonchev–Trinajstić information content (AvgIpc) is 3.55. The van der Waals surface area contributed by atoms with Gasteiger partial charge in [-0.1, -0.05) is 43.3 Å². The fraction of sp³-hybridized carbons (Fsp3) is 0.429. The highest BCUT2D eigenvalue weighted by Gasteiger charge is 2.50. The Kier molecular flexibility index (Phi) is 6.07. The zero-order chi connectivity index (χ0) is 27.4. The fourth-order valence-corrected chi connectivity index (χ4v) is 6.02. The van der Waals surface area contributed by atoms with Crippen molar-refractivity contribution in [3.05, 3.63) is 65.3 Å². The molecular weight excluding hydrogens is 500 g/mol. The number of carbonyl (C=O) groups is 3. The maximum atomic E-state index is 13.1. The van der Waals surface area contributed by atoms with Crippen molar-refractivity contribution in [1.29, 1.82) is 0 Å². The molecule has 1 aromatic carbocycles. The number of amides is 3. The summed E-state index contributed by atoms with van der Waals surface area (Å²) in [6.45, 7) is 6.31. The number of benzene rings is 1. The molecule has 3 aliphatic heterocycles. The average molecular weight is 531 g/mol. The third-order valence-electron chi connectivity index (χ3n) is 8.30. The van der Waals surface area contributed by atoms with Gasteiger partial charge in [-0.15, -0.1) is 0 Å². The van der Waals surface area contributed by atoms with Crippen molar-refractivity contribution < 1.29 is 24.0 Å². The van der Waals surface area contributed by atoms with Gasteiger partial charge in [0, 0.05) is 37.0 Å². The molecule has 11 heteroatoms. The van der Waals surface area contributed by atoms with E-state index in [9.17, 15) is 19.5 Å². The lowest BCUT2D eigenvalue weighted by Crippen LogP contribution is -2.55. The van der Waals surface area contributed by atoms with E-state index in [0.29, 0.717) is 48.7 Å². The summed E-state index contributed by atoms with van der Waals surface area (Å²) in [5.74, 6) is -0.499. The van der Waals surface area contributed by atoms with Crippen LogP contribution in [-0.4, -0.2) is 66.9 Å². The zero-order valence-electron chi connectivity index (χ0n) is 21.9. The predicted octanol–water partition coefficient (Wildman–Crippen LogP) is 2.01. The SMILES string of the molecule is CC1(C)CN(Cc2ccc(-c3ncon3)cc2)CC[C@]1(O)c1ccc2c(n1)CN([C@H]1CCC(=O)NC1=O)C2=O. The number of aliphatic hydroxyl groups is 1. The fourth-order valence-electron chi connectivity index (χ4n) is 6.02. The van der Waals surface area contributed by atoms with E-state index >= 15 is 0 Å². The number of rotatable bonds is 5. The lowest BCUT2D eigenvalue weighted by Gasteiger charge is -2.50. The van der Waals surface area contributed by atoms with Gasteiger partial charge < -0.3 is 14.5 Å². The van der Waals surface area contributed by atoms with E-state index in [1.807, 2.05) is 38.1 Å². The Balaban J connectivity index is 1.16. The number of imide groups is 1. The van der Waals surface area contributed by atoms with Gasteiger partial charge in [-0.3, -0.25) is 29.6 Å². The summed E-state index contributed by atoms with van der Waals surface area (Å²) in [5.41, 5.74) is 1.84. The normalized spacial score (nSPS) is 25.1. The van der Waals surface area contributed by atoms with Crippen LogP contribution in [0.5, 0.6) is 0 Å². The van der Waals surface area contributed by atoms with Crippen molar-refractivity contribution in [3.63, 3.8) is 0 Å². The van der Waals surface area contributed by atoms with Gasteiger partial charge in [0.05, 0.1) is 23.5 Å². The molecule has 2 atom stereocenters. The Morgan fingerprint density at radius 3 is 2.62 bits per heavy atom. The van der Waals surface area contributed by atoms with Crippen molar-refractivity contribution in [1.82, 2.24) is 30.2 Å². The third-order valence-corrected chi connectivity index (χ3v) is 8.30. The molecule has 2 saturated heterocycles. The molecule has 202 valence electrons. The number of nitrogens with one attached hydrogen (secondary N) is 1. The maximum Gasteiger partial charge on any atom is 0.256 e. The van der Waals surface area contributed by atoms with Crippen LogP contribution in [0.4, 0.5) is 0 Å². The molecule has 0 aliphatic carbocycles. The van der Waals surface area contributed by atoms with Gasteiger partial charge in [0.2, 0.25) is 24.0 Å². The van der Waals surface area contributed by atoms with E-state index in [-0.39, 0.29) is 24.8 Å². The second-order valence-electron chi connectivity index (χ2n) is 11.2. The molecule has 2 fully saturated rings. The van der Waals surface area contributed by atoms with Crippen LogP contribution < -0.4 is 5.32 Å². The van der Waals surface area contributed by atoms with Gasteiger partial charge in [-0.25, -0.2) is 0 Å². The molecule has 0 unspecified atom stereocenters. The highest BCUT2D eigenvalue weighted by molar-refractivity contribution is 6.05. The standard InChI is InChI=1S/C28H30N6O5/c1-27(2)15-33(13-17-3-5-18(6-4-17)24-29-16-39-32-24)12-11-28(27,38)22-9-7-19-20(30-22)14-34(26(19)37)21-8-10-23(35)31-25(21)36/h3-7,9,16,21,38H,8,10-15H2,1-2H3,(H,31,35,36)/t21-,28-/m0/s1. The van der Waals surface area contributed by atoms with Gasteiger partial charge in [0.15, 0.2) is 0 Å². The van der Waals surface area contributed by atoms with Crippen LogP contribution in [0.25, 0.3) is 11.4 Å². The van der Waals surface area contributed by atoms with Gasteiger partial charge >= 0.3 is 0 Å². The molecule has 0 saturated carbocycles. The first-order valence-electron chi connectivity index (χ1n) is 13.1. The van der Waals surface area contributed by atoms with Crippen LogP contribution in [0, 0.1) is 5.41 Å². The second kappa shape index (κ2) is 9.35. The molecule has 6 rings (SSSR count). The molecule has 39 heavy (non-hydrogen) atoms. The third kappa shape index (κ3) is 4.41. The Morgan fingerprint density at radius 1 is 1.13 bits per heavy atom. The number of likely N-dealkylation sites (tertiary alicyclic amines) is 1. The Hall–Kier alpha value is -3.96. The lowest BCUT2D eigenvalue weighted by atomic mass is 9.68. The summed E-state index contributed by atoms with van der Waals surface area (Å²) in [7, 11) is 0. The second-order valence-corrected chi connectivity index (χ2v) is 11.2. The first-order valence-corrected chi connectivity index (χ1v) is 13.1. The van der Waals surface area contributed by atoms with E-state index in [1.165, 1.54) is 11.3 Å². The monoisotopic (exact) mass is 530 g/mol. The smallest absolute Gasteiger partial charge is 0.256 e. The van der Waals surface area contributed by atoms with Crippen LogP contribution >= 0.6 is 0 Å². The molecule has 3 amide bonds. The molecule has 3 aliphatic rings. The first-order chi connectivity index (χ1) is 18.6. The van der Waals surface area contributed by atoms with Crippen molar-refractivity contribution in [3.8, 4) is 11.4 Å². The van der Waals surface area contributed by atoms with Crippen LogP contribution in [0.3, 0.4) is 0 Å². The summed E-state index contributed by atoms with van der Waals surface area (Å²) in [6, 6.07) is 10.8. The molecule has 0 spiro atoms. The van der Waals surface area contributed by atoms with E-state index in [4.69, 9.17) is 9.51 Å². The van der Waals surface area contributed by atoms with E-state index in [0.717, 1.165) is 17.7 Å². The van der Waals surface area contributed by atoms with Crippen molar-refractivity contribution >= 4 is 17.7 Å². The van der Waals surface area contributed by atoms with Crippen LogP contribution in [-0.2, 0) is 28.3 Å². The molecule has 2 N–H and O–H groups in total. The Bertz CT molecular complexity index is 1440. The highest BCUT2D eigenvalue weighted by atomic mass is 16.5. The lowest BCUT2D eigenvalue weighted by molar-refractivity contribution is -0.137. The minimum Gasteiger partial charge on any atom is -0.383 e.